The number of aromatic amines is 1. The number of nitrogens with one attached hydrogen (secondary N) is 1. The van der Waals surface area contributed by atoms with Gasteiger partial charge in [0.25, 0.3) is 0 Å². The lowest BCUT2D eigenvalue weighted by atomic mass is 9.83. The maximum atomic E-state index is 11.4. The molecule has 3 N–H and O–H groups in total. The highest BCUT2D eigenvalue weighted by Crippen LogP contribution is 2.36. The van der Waals surface area contributed by atoms with Crippen LogP contribution < -0.4 is 5.76 Å². The molecule has 0 unspecified atom stereocenters. The van der Waals surface area contributed by atoms with E-state index in [1.165, 1.54) is 0 Å². The minimum atomic E-state index is -0.838. The van der Waals surface area contributed by atoms with Gasteiger partial charge in [-0.1, -0.05) is 41.9 Å². The van der Waals surface area contributed by atoms with Gasteiger partial charge in [0, 0.05) is 30.8 Å². The molecule has 1 saturated heterocycles. The van der Waals surface area contributed by atoms with Crippen LogP contribution in [0.5, 0.6) is 0 Å². The quantitative estimate of drug-likeness (QED) is 0.623. The summed E-state index contributed by atoms with van der Waals surface area (Å²) in [5, 5.41) is 22.3. The fourth-order valence-corrected chi connectivity index (χ4v) is 4.28. The van der Waals surface area contributed by atoms with Crippen molar-refractivity contribution in [3.05, 3.63) is 69.2 Å². The van der Waals surface area contributed by atoms with E-state index in [0.29, 0.717) is 47.6 Å². The molecule has 2 aromatic carbocycles. The maximum absolute atomic E-state index is 11.4. The third-order valence-corrected chi connectivity index (χ3v) is 6.15. The molecule has 1 aliphatic heterocycles. The fourth-order valence-electron chi connectivity index (χ4n) is 4.01. The van der Waals surface area contributed by atoms with Crippen molar-refractivity contribution in [2.45, 2.75) is 37.5 Å². The number of aliphatic hydroxyl groups excluding tert-OH is 1. The van der Waals surface area contributed by atoms with E-state index in [1.807, 2.05) is 37.3 Å². The average molecular weight is 403 g/mol. The van der Waals surface area contributed by atoms with Crippen LogP contribution >= 0.6 is 11.6 Å². The third kappa shape index (κ3) is 3.49. The van der Waals surface area contributed by atoms with Crippen LogP contribution in [0.15, 0.2) is 51.7 Å². The molecule has 148 valence electrons. The van der Waals surface area contributed by atoms with Gasteiger partial charge in [-0.05, 0) is 31.4 Å². The van der Waals surface area contributed by atoms with Gasteiger partial charge < -0.3 is 14.6 Å². The first-order valence-electron chi connectivity index (χ1n) is 9.40. The molecule has 0 radical (unpaired) electrons. The zero-order valence-electron chi connectivity index (χ0n) is 15.6. The highest BCUT2D eigenvalue weighted by atomic mass is 35.5. The summed E-state index contributed by atoms with van der Waals surface area (Å²) in [7, 11) is 0. The molecule has 2 atom stereocenters. The molecule has 7 heteroatoms. The Morgan fingerprint density at radius 1 is 1.21 bits per heavy atom. The van der Waals surface area contributed by atoms with Crippen LogP contribution in [-0.4, -0.2) is 39.2 Å². The highest BCUT2D eigenvalue weighted by Gasteiger charge is 2.36. The van der Waals surface area contributed by atoms with Gasteiger partial charge in [0.15, 0.2) is 5.58 Å². The van der Waals surface area contributed by atoms with Crippen molar-refractivity contribution in [3.63, 3.8) is 0 Å². The number of likely N-dealkylation sites (tertiary alicyclic amines) is 1. The van der Waals surface area contributed by atoms with Crippen molar-refractivity contribution in [1.29, 1.82) is 0 Å². The molecule has 1 aromatic heterocycles. The lowest BCUT2D eigenvalue weighted by Gasteiger charge is -2.42. The smallest absolute Gasteiger partial charge is 0.408 e. The molecule has 0 saturated carbocycles. The summed E-state index contributed by atoms with van der Waals surface area (Å²) >= 11 is 6.32. The van der Waals surface area contributed by atoms with Crippen molar-refractivity contribution in [1.82, 2.24) is 9.88 Å². The van der Waals surface area contributed by atoms with Crippen LogP contribution in [0.2, 0.25) is 5.02 Å². The third-order valence-electron chi connectivity index (χ3n) is 5.83. The number of rotatable bonds is 4. The van der Waals surface area contributed by atoms with E-state index >= 15 is 0 Å². The minimum Gasteiger partial charge on any atom is -0.408 e. The molecular weight excluding hydrogens is 380 g/mol. The van der Waals surface area contributed by atoms with Crippen LogP contribution in [-0.2, 0) is 5.60 Å². The summed E-state index contributed by atoms with van der Waals surface area (Å²) in [4.78, 5) is 16.1. The minimum absolute atomic E-state index is 0.200. The normalized spacial score (nSPS) is 19.6. The van der Waals surface area contributed by atoms with Crippen molar-refractivity contribution in [2.24, 2.45) is 0 Å². The zero-order chi connectivity index (χ0) is 19.9. The Morgan fingerprint density at radius 2 is 1.89 bits per heavy atom. The van der Waals surface area contributed by atoms with Gasteiger partial charge in [-0.3, -0.25) is 9.88 Å². The molecule has 0 spiro atoms. The van der Waals surface area contributed by atoms with Crippen LogP contribution in [0.4, 0.5) is 0 Å². The second-order valence-electron chi connectivity index (χ2n) is 7.50. The van der Waals surface area contributed by atoms with Crippen molar-refractivity contribution < 1.29 is 14.6 Å². The van der Waals surface area contributed by atoms with Crippen molar-refractivity contribution in [2.75, 3.05) is 13.1 Å². The molecule has 0 bridgehead atoms. The Bertz CT molecular complexity index is 1020. The Morgan fingerprint density at radius 3 is 2.57 bits per heavy atom. The lowest BCUT2D eigenvalue weighted by molar-refractivity contribution is -0.0501. The summed E-state index contributed by atoms with van der Waals surface area (Å²) in [5.74, 6) is -0.554. The summed E-state index contributed by atoms with van der Waals surface area (Å²) in [6, 6.07) is 12.7. The first-order valence-corrected chi connectivity index (χ1v) is 9.77. The van der Waals surface area contributed by atoms with E-state index in [9.17, 15) is 15.0 Å². The standard InChI is InChI=1S/C21H23ClN2O4/c1-13(19(25)15-11-17-18(12-16(15)22)28-20(26)23-17)24-9-7-21(27,8-10-24)14-5-3-2-4-6-14/h2-6,11-13,19,25,27H,7-10H2,1H3,(H,23,26)/t13-,19-/m1/s1. The zero-order valence-corrected chi connectivity index (χ0v) is 16.3. The van der Waals surface area contributed by atoms with E-state index in [-0.39, 0.29) is 6.04 Å². The van der Waals surface area contributed by atoms with Gasteiger partial charge in [0.2, 0.25) is 0 Å². The van der Waals surface area contributed by atoms with Crippen molar-refractivity contribution in [3.8, 4) is 0 Å². The summed E-state index contributed by atoms with van der Waals surface area (Å²) < 4.78 is 5.01. The monoisotopic (exact) mass is 402 g/mol. The van der Waals surface area contributed by atoms with Crippen molar-refractivity contribution >= 4 is 22.7 Å². The van der Waals surface area contributed by atoms with Gasteiger partial charge in [0.1, 0.15) is 0 Å². The highest BCUT2D eigenvalue weighted by molar-refractivity contribution is 6.32. The van der Waals surface area contributed by atoms with Gasteiger partial charge in [-0.25, -0.2) is 4.79 Å². The van der Waals surface area contributed by atoms with E-state index < -0.39 is 17.5 Å². The van der Waals surface area contributed by atoms with Gasteiger partial charge in [-0.2, -0.15) is 0 Å². The second kappa shape index (κ2) is 7.37. The number of aromatic nitrogens is 1. The average Bonchev–Trinajstić information content (AvgIpc) is 3.06. The van der Waals surface area contributed by atoms with Crippen LogP contribution in [0, 0.1) is 0 Å². The van der Waals surface area contributed by atoms with E-state index in [1.54, 1.807) is 12.1 Å². The molecule has 6 nitrogen and oxygen atoms in total. The molecule has 0 amide bonds. The van der Waals surface area contributed by atoms with Gasteiger partial charge in [-0.15, -0.1) is 0 Å². The summed E-state index contributed by atoms with van der Waals surface area (Å²) in [6.45, 7) is 3.26. The topological polar surface area (TPSA) is 89.7 Å². The Kier molecular flexibility index (Phi) is 5.05. The molecule has 1 fully saturated rings. The second-order valence-corrected chi connectivity index (χ2v) is 7.91. The molecule has 28 heavy (non-hydrogen) atoms. The first-order chi connectivity index (χ1) is 13.4. The van der Waals surface area contributed by atoms with Crippen LogP contribution in [0.1, 0.15) is 37.0 Å². The number of piperidine rings is 1. The summed E-state index contributed by atoms with van der Waals surface area (Å²) in [5.41, 5.74) is 1.51. The Hall–Kier alpha value is -2.12. The van der Waals surface area contributed by atoms with Gasteiger partial charge >= 0.3 is 5.76 Å². The molecule has 4 rings (SSSR count). The predicted octanol–water partition coefficient (Wildman–Crippen LogP) is 3.18. The Balaban J connectivity index is 1.50. The summed E-state index contributed by atoms with van der Waals surface area (Å²) in [6.07, 6.45) is 0.351. The molecule has 2 heterocycles. The number of aliphatic hydroxyl groups is 2. The fraction of sp³-hybridized carbons (Fsp3) is 0.381. The number of nitrogens with zero attached hydrogens (tertiary/aromatic N) is 1. The number of halogens is 1. The molecule has 3 aromatic rings. The Labute approximate surface area is 167 Å². The molecular formula is C21H23ClN2O4. The molecule has 1 aliphatic rings. The predicted molar refractivity (Wildman–Crippen MR) is 107 cm³/mol. The number of hydrogen-bond acceptors (Lipinski definition) is 5. The maximum Gasteiger partial charge on any atom is 0.417 e. The number of benzene rings is 2. The van der Waals surface area contributed by atoms with E-state index in [0.717, 1.165) is 5.56 Å². The van der Waals surface area contributed by atoms with E-state index in [2.05, 4.69) is 9.88 Å². The largest absolute Gasteiger partial charge is 0.417 e. The number of H-pyrrole nitrogens is 1. The van der Waals surface area contributed by atoms with Crippen LogP contribution in [0.25, 0.3) is 11.1 Å². The number of oxazole rings is 1. The SMILES string of the molecule is C[C@H]([C@@H](O)c1cc2[nH]c(=O)oc2cc1Cl)N1CCC(O)(c2ccccc2)CC1. The lowest BCUT2D eigenvalue weighted by Crippen LogP contribution is -2.47. The number of hydrogen-bond donors (Lipinski definition) is 3. The molecule has 0 aliphatic carbocycles. The first kappa shape index (κ1) is 19.2. The van der Waals surface area contributed by atoms with Gasteiger partial charge in [0.05, 0.1) is 22.2 Å². The van der Waals surface area contributed by atoms with E-state index in [4.69, 9.17) is 16.0 Å². The number of fused-ring (bicyclic) bond motifs is 1. The van der Waals surface area contributed by atoms with Crippen LogP contribution in [0.3, 0.4) is 0 Å².